The minimum atomic E-state index is -0.284. The van der Waals surface area contributed by atoms with Gasteiger partial charge in [-0.1, -0.05) is 24.3 Å². The van der Waals surface area contributed by atoms with Gasteiger partial charge in [0.25, 0.3) is 0 Å². The van der Waals surface area contributed by atoms with Crippen LogP contribution in [0.3, 0.4) is 0 Å². The average Bonchev–Trinajstić information content (AvgIpc) is 3.01. The number of piperidine rings is 2. The van der Waals surface area contributed by atoms with E-state index in [0.717, 1.165) is 51.9 Å². The third kappa shape index (κ3) is 3.25. The number of carbonyl (C=O) groups is 2. The molecule has 2 amide bonds. The lowest BCUT2D eigenvalue weighted by Crippen LogP contribution is -2.49. The highest BCUT2D eigenvalue weighted by atomic mass is 16.2. The fourth-order valence-corrected chi connectivity index (χ4v) is 5.26. The number of rotatable bonds is 3. The molecule has 0 radical (unpaired) electrons. The maximum atomic E-state index is 12.9. The Morgan fingerprint density at radius 3 is 2.42 bits per heavy atom. The van der Waals surface area contributed by atoms with Crippen molar-refractivity contribution in [1.82, 2.24) is 9.80 Å². The van der Waals surface area contributed by atoms with Crippen molar-refractivity contribution in [3.63, 3.8) is 0 Å². The maximum absolute atomic E-state index is 12.9. The molecule has 1 aliphatic carbocycles. The number of benzene rings is 1. The van der Waals surface area contributed by atoms with Gasteiger partial charge >= 0.3 is 0 Å². The first-order chi connectivity index (χ1) is 12.6. The summed E-state index contributed by atoms with van der Waals surface area (Å²) in [7, 11) is 0. The normalized spacial score (nSPS) is 23.2. The number of fused-ring (bicyclic) bond motifs is 2. The number of primary amides is 1. The summed E-state index contributed by atoms with van der Waals surface area (Å²) in [5.41, 5.74) is 8.62. The molecule has 5 heteroatoms. The summed E-state index contributed by atoms with van der Waals surface area (Å²) in [4.78, 5) is 28.2. The first-order valence-corrected chi connectivity index (χ1v) is 9.95. The van der Waals surface area contributed by atoms with Gasteiger partial charge in [-0.05, 0) is 68.2 Å². The number of carbonyl (C=O) groups excluding carboxylic acids is 2. The summed E-state index contributed by atoms with van der Waals surface area (Å²) in [6.45, 7) is 3.67. The molecular weight excluding hydrogens is 326 g/mol. The van der Waals surface area contributed by atoms with Crippen LogP contribution in [0.5, 0.6) is 0 Å². The second kappa shape index (κ2) is 7.03. The Bertz CT molecular complexity index is 686. The van der Waals surface area contributed by atoms with E-state index in [-0.39, 0.29) is 11.8 Å². The summed E-state index contributed by atoms with van der Waals surface area (Å²) in [5, 5.41) is 0. The van der Waals surface area contributed by atoms with Gasteiger partial charge < -0.3 is 10.6 Å². The topological polar surface area (TPSA) is 66.6 Å². The van der Waals surface area contributed by atoms with Gasteiger partial charge in [0.1, 0.15) is 0 Å². The van der Waals surface area contributed by atoms with Crippen LogP contribution in [0.15, 0.2) is 24.3 Å². The van der Waals surface area contributed by atoms with Crippen LogP contribution in [-0.2, 0) is 21.4 Å². The molecule has 2 aliphatic heterocycles. The number of hydrogen-bond donors (Lipinski definition) is 1. The minimum Gasteiger partial charge on any atom is -0.369 e. The van der Waals surface area contributed by atoms with Crippen LogP contribution in [0.4, 0.5) is 0 Å². The summed E-state index contributed by atoms with van der Waals surface area (Å²) in [5.74, 6) is 0.154. The van der Waals surface area contributed by atoms with Gasteiger partial charge in [0.05, 0.1) is 6.54 Å². The highest BCUT2D eigenvalue weighted by Gasteiger charge is 2.42. The quantitative estimate of drug-likeness (QED) is 0.897. The van der Waals surface area contributed by atoms with E-state index in [1.165, 1.54) is 24.0 Å². The highest BCUT2D eigenvalue weighted by molar-refractivity contribution is 5.79. The number of nitrogens with two attached hydrogens (primary N) is 1. The summed E-state index contributed by atoms with van der Waals surface area (Å²) in [6.07, 6.45) is 6.29. The lowest BCUT2D eigenvalue weighted by molar-refractivity contribution is -0.138. The molecule has 5 nitrogen and oxygen atoms in total. The number of aryl methyl sites for hydroxylation is 1. The lowest BCUT2D eigenvalue weighted by Gasteiger charge is -2.42. The van der Waals surface area contributed by atoms with E-state index < -0.39 is 0 Å². The SMILES string of the molecule is NC(=O)CN1CCC(C(=O)N2CCC3(CCc4ccccc43)CC2)CC1. The molecule has 1 spiro atoms. The molecule has 140 valence electrons. The summed E-state index contributed by atoms with van der Waals surface area (Å²) >= 11 is 0. The van der Waals surface area contributed by atoms with Crippen LogP contribution < -0.4 is 5.73 Å². The molecule has 1 aromatic carbocycles. The van der Waals surface area contributed by atoms with E-state index >= 15 is 0 Å². The average molecular weight is 355 g/mol. The van der Waals surface area contributed by atoms with E-state index in [9.17, 15) is 9.59 Å². The van der Waals surface area contributed by atoms with Crippen LogP contribution in [0.25, 0.3) is 0 Å². The number of amides is 2. The third-order valence-corrected chi connectivity index (χ3v) is 6.81. The molecule has 4 rings (SSSR count). The van der Waals surface area contributed by atoms with E-state index in [4.69, 9.17) is 5.73 Å². The van der Waals surface area contributed by atoms with E-state index in [1.807, 2.05) is 0 Å². The Kier molecular flexibility index (Phi) is 4.74. The lowest BCUT2D eigenvalue weighted by atomic mass is 9.73. The van der Waals surface area contributed by atoms with Crippen LogP contribution in [-0.4, -0.2) is 54.3 Å². The Morgan fingerprint density at radius 1 is 1.04 bits per heavy atom. The second-order valence-corrected chi connectivity index (χ2v) is 8.28. The maximum Gasteiger partial charge on any atom is 0.231 e. The molecule has 26 heavy (non-hydrogen) atoms. The van der Waals surface area contributed by atoms with Crippen LogP contribution in [0, 0.1) is 5.92 Å². The van der Waals surface area contributed by atoms with E-state index in [2.05, 4.69) is 34.1 Å². The highest BCUT2D eigenvalue weighted by Crippen LogP contribution is 2.46. The Balaban J connectivity index is 1.33. The zero-order chi connectivity index (χ0) is 18.1. The third-order valence-electron chi connectivity index (χ3n) is 6.81. The van der Waals surface area contributed by atoms with Gasteiger partial charge in [0.15, 0.2) is 0 Å². The van der Waals surface area contributed by atoms with Crippen molar-refractivity contribution in [1.29, 1.82) is 0 Å². The van der Waals surface area contributed by atoms with Gasteiger partial charge in [-0.25, -0.2) is 0 Å². The Labute approximate surface area is 155 Å². The molecule has 2 heterocycles. The van der Waals surface area contributed by atoms with Crippen molar-refractivity contribution in [2.75, 3.05) is 32.7 Å². The molecule has 2 fully saturated rings. The van der Waals surface area contributed by atoms with Gasteiger partial charge in [-0.15, -0.1) is 0 Å². The van der Waals surface area contributed by atoms with Crippen molar-refractivity contribution in [2.24, 2.45) is 11.7 Å². The van der Waals surface area contributed by atoms with E-state index in [0.29, 0.717) is 17.9 Å². The fourth-order valence-electron chi connectivity index (χ4n) is 5.26. The largest absolute Gasteiger partial charge is 0.369 e. The Hall–Kier alpha value is -1.88. The fraction of sp³-hybridized carbons (Fsp3) is 0.619. The first kappa shape index (κ1) is 17.5. The molecule has 0 aromatic heterocycles. The summed E-state index contributed by atoms with van der Waals surface area (Å²) in [6, 6.07) is 8.86. The molecule has 0 bridgehead atoms. The molecule has 0 saturated carbocycles. The number of hydrogen-bond acceptors (Lipinski definition) is 3. The van der Waals surface area contributed by atoms with Gasteiger partial charge in [-0.3, -0.25) is 14.5 Å². The molecular formula is C21H29N3O2. The predicted molar refractivity (Wildman–Crippen MR) is 101 cm³/mol. The van der Waals surface area contributed by atoms with Gasteiger partial charge in [0.2, 0.25) is 11.8 Å². The van der Waals surface area contributed by atoms with Crippen molar-refractivity contribution >= 4 is 11.8 Å². The van der Waals surface area contributed by atoms with Crippen molar-refractivity contribution < 1.29 is 9.59 Å². The van der Waals surface area contributed by atoms with Crippen molar-refractivity contribution in [2.45, 2.75) is 43.9 Å². The van der Waals surface area contributed by atoms with Crippen LogP contribution >= 0.6 is 0 Å². The second-order valence-electron chi connectivity index (χ2n) is 8.28. The van der Waals surface area contributed by atoms with Crippen LogP contribution in [0.2, 0.25) is 0 Å². The molecule has 0 atom stereocenters. The van der Waals surface area contributed by atoms with Gasteiger partial charge in [-0.2, -0.15) is 0 Å². The molecule has 0 unspecified atom stereocenters. The minimum absolute atomic E-state index is 0.115. The standard InChI is InChI=1S/C21H29N3O2/c22-19(25)15-23-11-6-17(7-12-23)20(26)24-13-9-21(10-14-24)8-5-16-3-1-2-4-18(16)21/h1-4,17H,5-15H2,(H2,22,25). The smallest absolute Gasteiger partial charge is 0.231 e. The predicted octanol–water partition coefficient (Wildman–Crippen LogP) is 1.69. The molecule has 3 aliphatic rings. The molecule has 1 aromatic rings. The Morgan fingerprint density at radius 2 is 1.73 bits per heavy atom. The van der Waals surface area contributed by atoms with Crippen molar-refractivity contribution in [3.8, 4) is 0 Å². The zero-order valence-electron chi connectivity index (χ0n) is 15.5. The molecule has 2 N–H and O–H groups in total. The number of nitrogens with zero attached hydrogens (tertiary/aromatic N) is 2. The first-order valence-electron chi connectivity index (χ1n) is 9.95. The van der Waals surface area contributed by atoms with E-state index in [1.54, 1.807) is 0 Å². The van der Waals surface area contributed by atoms with Crippen LogP contribution in [0.1, 0.15) is 43.2 Å². The van der Waals surface area contributed by atoms with Crippen molar-refractivity contribution in [3.05, 3.63) is 35.4 Å². The zero-order valence-corrected chi connectivity index (χ0v) is 15.5. The number of likely N-dealkylation sites (tertiary alicyclic amines) is 2. The van der Waals surface area contributed by atoms with Gasteiger partial charge in [0, 0.05) is 19.0 Å². The molecule has 2 saturated heterocycles. The monoisotopic (exact) mass is 355 g/mol. The summed E-state index contributed by atoms with van der Waals surface area (Å²) < 4.78 is 0.